The second-order valence-electron chi connectivity index (χ2n) is 11.6. The molecule has 3 unspecified atom stereocenters. The van der Waals surface area contributed by atoms with Crippen molar-refractivity contribution in [2.45, 2.75) is 45.2 Å². The Kier molecular flexibility index (Phi) is 8.37. The topological polar surface area (TPSA) is 97.8 Å². The first kappa shape index (κ1) is 31.0. The van der Waals surface area contributed by atoms with Crippen LogP contribution in [0.1, 0.15) is 31.9 Å². The summed E-state index contributed by atoms with van der Waals surface area (Å²) in [6, 6.07) is 18.3. The molecule has 0 bridgehead atoms. The van der Waals surface area contributed by atoms with Crippen molar-refractivity contribution in [1.29, 1.82) is 0 Å². The number of Topliss-reactive ketones (excluding diaryl/α,β-unsaturated/α-hetero) is 1. The number of alkyl halides is 3. The standard InChI is InChI=1S/C32H31F4N3O5/c1-18(40)27(32(34,35)36)29(41)39-16-23-24(17-39)28(23)43-26-14-21(13-25(38-26)20-9-11-22(33)12-10-20)31(2,3)44-30(42)37-15-19-7-5-4-6-8-19/h4-14,23-24,27-28H,15-17H2,1-3H3,(H,37,42). The number of rotatable bonds is 9. The van der Waals surface area contributed by atoms with Gasteiger partial charge in [-0.1, -0.05) is 30.3 Å². The molecule has 12 heteroatoms. The summed E-state index contributed by atoms with van der Waals surface area (Å²) >= 11 is 0. The summed E-state index contributed by atoms with van der Waals surface area (Å²) in [5.41, 5.74) is 1.28. The van der Waals surface area contributed by atoms with Gasteiger partial charge in [0.05, 0.1) is 5.69 Å². The average Bonchev–Trinajstić information content (AvgIpc) is 3.37. The highest BCUT2D eigenvalue weighted by Crippen LogP contribution is 2.49. The molecule has 2 aromatic carbocycles. The van der Waals surface area contributed by atoms with E-state index in [2.05, 4.69) is 10.3 Å². The van der Waals surface area contributed by atoms with E-state index in [9.17, 15) is 31.9 Å². The lowest BCUT2D eigenvalue weighted by Gasteiger charge is -2.27. The van der Waals surface area contributed by atoms with Gasteiger partial charge in [-0.15, -0.1) is 0 Å². The number of pyridine rings is 1. The number of nitrogens with one attached hydrogen (secondary N) is 1. The SMILES string of the molecule is CC(=O)C(C(=O)N1CC2C(C1)C2Oc1cc(C(C)(C)OC(=O)NCc2ccccc2)cc(-c2ccc(F)cc2)n1)C(F)(F)F. The first-order valence-electron chi connectivity index (χ1n) is 14.0. The number of aromatic nitrogens is 1. The number of hydrogen-bond acceptors (Lipinski definition) is 6. The van der Waals surface area contributed by atoms with Crippen LogP contribution in [0, 0.1) is 23.6 Å². The maximum atomic E-state index is 13.6. The zero-order valence-corrected chi connectivity index (χ0v) is 24.2. The highest BCUT2D eigenvalue weighted by Gasteiger charge is 2.61. The van der Waals surface area contributed by atoms with Crippen LogP contribution in [0.5, 0.6) is 5.88 Å². The van der Waals surface area contributed by atoms with Crippen molar-refractivity contribution in [1.82, 2.24) is 15.2 Å². The number of ketones is 1. The van der Waals surface area contributed by atoms with Crippen LogP contribution in [0.4, 0.5) is 22.4 Å². The van der Waals surface area contributed by atoms with E-state index in [0.717, 1.165) is 17.4 Å². The average molecular weight is 614 g/mol. The van der Waals surface area contributed by atoms with Crippen LogP contribution in [-0.4, -0.2) is 53.0 Å². The quantitative estimate of drug-likeness (QED) is 0.248. The molecule has 2 heterocycles. The molecule has 1 N–H and O–H groups in total. The molecule has 2 amide bonds. The molecular weight excluding hydrogens is 582 g/mol. The van der Waals surface area contributed by atoms with Crippen LogP contribution in [0.15, 0.2) is 66.7 Å². The lowest BCUT2D eigenvalue weighted by molar-refractivity contribution is -0.190. The van der Waals surface area contributed by atoms with Gasteiger partial charge in [0.2, 0.25) is 11.8 Å². The van der Waals surface area contributed by atoms with Crippen molar-refractivity contribution in [2.75, 3.05) is 13.1 Å². The third-order valence-electron chi connectivity index (χ3n) is 7.93. The number of likely N-dealkylation sites (tertiary alicyclic amines) is 1. The Morgan fingerprint density at radius 3 is 2.23 bits per heavy atom. The number of fused-ring (bicyclic) bond motifs is 1. The highest BCUT2D eigenvalue weighted by atomic mass is 19.4. The molecule has 5 rings (SSSR count). The minimum absolute atomic E-state index is 0.0225. The lowest BCUT2D eigenvalue weighted by atomic mass is 9.96. The number of piperidine rings is 1. The molecule has 8 nitrogen and oxygen atoms in total. The predicted octanol–water partition coefficient (Wildman–Crippen LogP) is 5.65. The Morgan fingerprint density at radius 2 is 1.64 bits per heavy atom. The van der Waals surface area contributed by atoms with Gasteiger partial charge in [0, 0.05) is 48.7 Å². The molecule has 1 aromatic heterocycles. The number of amides is 2. The second-order valence-corrected chi connectivity index (χ2v) is 11.6. The van der Waals surface area contributed by atoms with Gasteiger partial charge in [0.25, 0.3) is 0 Å². The van der Waals surface area contributed by atoms with E-state index in [1.165, 1.54) is 12.1 Å². The van der Waals surface area contributed by atoms with Crippen molar-refractivity contribution in [3.05, 3.63) is 83.7 Å². The van der Waals surface area contributed by atoms with Crippen molar-refractivity contribution < 1.29 is 41.4 Å². The van der Waals surface area contributed by atoms with E-state index in [1.54, 1.807) is 38.1 Å². The van der Waals surface area contributed by atoms with Gasteiger partial charge in [0.1, 0.15) is 17.5 Å². The van der Waals surface area contributed by atoms with Crippen LogP contribution >= 0.6 is 0 Å². The van der Waals surface area contributed by atoms with Gasteiger partial charge >= 0.3 is 12.3 Å². The van der Waals surface area contributed by atoms with Crippen LogP contribution in [-0.2, 0) is 26.5 Å². The Morgan fingerprint density at radius 1 is 1.00 bits per heavy atom. The molecule has 3 atom stereocenters. The van der Waals surface area contributed by atoms with Gasteiger partial charge in [-0.3, -0.25) is 9.59 Å². The normalized spacial score (nSPS) is 20.0. The maximum absolute atomic E-state index is 13.6. The number of halogens is 4. The number of nitrogens with zero attached hydrogens (tertiary/aromatic N) is 2. The molecule has 2 aliphatic rings. The molecule has 3 aromatic rings. The van der Waals surface area contributed by atoms with Crippen LogP contribution in [0.3, 0.4) is 0 Å². The molecule has 1 aliphatic heterocycles. The molecular formula is C32H31F4N3O5. The van der Waals surface area contributed by atoms with Crippen molar-refractivity contribution >= 4 is 17.8 Å². The van der Waals surface area contributed by atoms with Gasteiger partial charge < -0.3 is 19.7 Å². The van der Waals surface area contributed by atoms with Gasteiger partial charge in [-0.25, -0.2) is 14.2 Å². The van der Waals surface area contributed by atoms with Crippen LogP contribution < -0.4 is 10.1 Å². The molecule has 1 saturated carbocycles. The minimum atomic E-state index is -4.96. The third kappa shape index (κ3) is 6.84. The van der Waals surface area contributed by atoms with Crippen molar-refractivity contribution in [2.24, 2.45) is 17.8 Å². The Hall–Kier alpha value is -4.48. The largest absolute Gasteiger partial charge is 0.474 e. The molecule has 1 saturated heterocycles. The summed E-state index contributed by atoms with van der Waals surface area (Å²) in [4.78, 5) is 42.4. The molecule has 2 fully saturated rings. The first-order chi connectivity index (χ1) is 20.7. The molecule has 0 spiro atoms. The number of carbonyl (C=O) groups is 3. The summed E-state index contributed by atoms with van der Waals surface area (Å²) in [6.07, 6.45) is -6.02. The fourth-order valence-corrected chi connectivity index (χ4v) is 5.47. The maximum Gasteiger partial charge on any atom is 0.408 e. The minimum Gasteiger partial charge on any atom is -0.474 e. The smallest absolute Gasteiger partial charge is 0.408 e. The summed E-state index contributed by atoms with van der Waals surface area (Å²) < 4.78 is 65.5. The van der Waals surface area contributed by atoms with E-state index in [-0.39, 0.29) is 37.4 Å². The fourth-order valence-electron chi connectivity index (χ4n) is 5.47. The predicted molar refractivity (Wildman–Crippen MR) is 151 cm³/mol. The summed E-state index contributed by atoms with van der Waals surface area (Å²) in [5.74, 6) is -5.88. The van der Waals surface area contributed by atoms with Gasteiger partial charge in [-0.05, 0) is 56.7 Å². The van der Waals surface area contributed by atoms with E-state index < -0.39 is 47.4 Å². The Bertz CT molecular complexity index is 1530. The van der Waals surface area contributed by atoms with E-state index in [1.807, 2.05) is 30.3 Å². The van der Waals surface area contributed by atoms with Crippen LogP contribution in [0.25, 0.3) is 11.3 Å². The fraction of sp³-hybridized carbons (Fsp3) is 0.375. The van der Waals surface area contributed by atoms with E-state index in [4.69, 9.17) is 9.47 Å². The third-order valence-corrected chi connectivity index (χ3v) is 7.93. The number of hydrogen-bond donors (Lipinski definition) is 1. The molecule has 0 radical (unpaired) electrons. The number of ether oxygens (including phenoxy) is 2. The highest BCUT2D eigenvalue weighted by molar-refractivity contribution is 6.01. The Balaban J connectivity index is 1.31. The van der Waals surface area contributed by atoms with Crippen molar-refractivity contribution in [3.8, 4) is 17.1 Å². The van der Waals surface area contributed by atoms with E-state index in [0.29, 0.717) is 16.8 Å². The van der Waals surface area contributed by atoms with Gasteiger partial charge in [0.15, 0.2) is 11.7 Å². The number of alkyl carbamates (subject to hydrolysis) is 1. The van der Waals surface area contributed by atoms with Crippen LogP contribution in [0.2, 0.25) is 0 Å². The first-order valence-corrected chi connectivity index (χ1v) is 14.0. The van der Waals surface area contributed by atoms with Gasteiger partial charge in [-0.2, -0.15) is 13.2 Å². The summed E-state index contributed by atoms with van der Waals surface area (Å²) in [6.45, 7) is 4.47. The summed E-state index contributed by atoms with van der Waals surface area (Å²) in [5, 5.41) is 2.72. The zero-order chi connectivity index (χ0) is 31.8. The summed E-state index contributed by atoms with van der Waals surface area (Å²) in [7, 11) is 0. The monoisotopic (exact) mass is 613 g/mol. The molecule has 1 aliphatic carbocycles. The molecule has 44 heavy (non-hydrogen) atoms. The number of carbonyl (C=O) groups excluding carboxylic acids is 3. The lowest BCUT2D eigenvalue weighted by Crippen LogP contribution is -2.46. The zero-order valence-electron chi connectivity index (χ0n) is 24.2. The second kappa shape index (κ2) is 11.9. The van der Waals surface area contributed by atoms with Crippen molar-refractivity contribution in [3.63, 3.8) is 0 Å². The van der Waals surface area contributed by atoms with E-state index >= 15 is 0 Å². The molecule has 232 valence electrons. The number of benzene rings is 2. The Labute approximate surface area is 251 Å².